The van der Waals surface area contributed by atoms with Gasteiger partial charge in [0.2, 0.25) is 0 Å². The second-order valence-corrected chi connectivity index (χ2v) is 9.37. The van der Waals surface area contributed by atoms with E-state index in [1.807, 2.05) is 13.0 Å². The van der Waals surface area contributed by atoms with Gasteiger partial charge >= 0.3 is 0 Å². The van der Waals surface area contributed by atoms with E-state index in [2.05, 4.69) is 15.7 Å². The van der Waals surface area contributed by atoms with E-state index >= 15 is 0 Å². The van der Waals surface area contributed by atoms with Gasteiger partial charge in [-0.25, -0.2) is 0 Å². The van der Waals surface area contributed by atoms with E-state index in [4.69, 9.17) is 23.2 Å². The number of hydrogen-bond donors (Lipinski definition) is 2. The highest BCUT2D eigenvalue weighted by Crippen LogP contribution is 2.31. The number of rotatable bonds is 6. The lowest BCUT2D eigenvalue weighted by Crippen LogP contribution is -2.17. The standard InChI is InChI=1S/C22H18Cl2N4O2S/c1-15-10-12-16(13-11-15)31(29,30)28-22(26-20-9-5-3-7-18(20)24)14-21(27-28)25-19-8-4-2-6-17(19)23/h2-14,26H,1H3,(H,25,27). The van der Waals surface area contributed by atoms with Crippen LogP contribution in [0, 0.1) is 6.92 Å². The second kappa shape index (κ2) is 8.63. The van der Waals surface area contributed by atoms with Crippen LogP contribution in [-0.2, 0) is 10.0 Å². The van der Waals surface area contributed by atoms with E-state index in [9.17, 15) is 8.42 Å². The van der Waals surface area contributed by atoms with Gasteiger partial charge in [0.05, 0.1) is 26.3 Å². The largest absolute Gasteiger partial charge is 0.338 e. The molecule has 0 radical (unpaired) electrons. The lowest BCUT2D eigenvalue weighted by Gasteiger charge is -2.11. The molecule has 31 heavy (non-hydrogen) atoms. The van der Waals surface area contributed by atoms with Crippen LogP contribution in [0.3, 0.4) is 0 Å². The molecule has 0 aliphatic heterocycles. The highest BCUT2D eigenvalue weighted by atomic mass is 35.5. The molecule has 0 spiro atoms. The molecular weight excluding hydrogens is 455 g/mol. The lowest BCUT2D eigenvalue weighted by molar-refractivity contribution is 0.581. The van der Waals surface area contributed by atoms with Crippen molar-refractivity contribution in [2.24, 2.45) is 0 Å². The van der Waals surface area contributed by atoms with Gasteiger partial charge in [-0.15, -0.1) is 9.19 Å². The van der Waals surface area contributed by atoms with E-state index in [0.717, 1.165) is 9.65 Å². The SMILES string of the molecule is Cc1ccc(S(=O)(=O)n2nc(Nc3ccccc3Cl)cc2Nc2ccccc2Cl)cc1. The maximum Gasteiger partial charge on any atom is 0.284 e. The fourth-order valence-electron chi connectivity index (χ4n) is 2.90. The van der Waals surface area contributed by atoms with Crippen molar-refractivity contribution in [1.29, 1.82) is 0 Å². The molecule has 158 valence electrons. The summed E-state index contributed by atoms with van der Waals surface area (Å²) in [5.74, 6) is 0.529. The smallest absolute Gasteiger partial charge is 0.284 e. The van der Waals surface area contributed by atoms with Crippen molar-refractivity contribution in [1.82, 2.24) is 9.19 Å². The van der Waals surface area contributed by atoms with Gasteiger partial charge in [-0.05, 0) is 43.3 Å². The number of aromatic nitrogens is 2. The van der Waals surface area contributed by atoms with E-state index in [0.29, 0.717) is 27.2 Å². The lowest BCUT2D eigenvalue weighted by atomic mass is 10.2. The van der Waals surface area contributed by atoms with Crippen LogP contribution in [0.4, 0.5) is 23.0 Å². The molecule has 0 fully saturated rings. The van der Waals surface area contributed by atoms with Crippen molar-refractivity contribution in [3.63, 3.8) is 0 Å². The Bertz CT molecular complexity index is 1340. The van der Waals surface area contributed by atoms with Crippen LogP contribution >= 0.6 is 23.2 Å². The highest BCUT2D eigenvalue weighted by Gasteiger charge is 2.23. The predicted octanol–water partition coefficient (Wildman–Crippen LogP) is 6.22. The van der Waals surface area contributed by atoms with Crippen molar-refractivity contribution in [2.75, 3.05) is 10.6 Å². The Labute approximate surface area is 190 Å². The average molecular weight is 473 g/mol. The number of halogens is 2. The van der Waals surface area contributed by atoms with E-state index in [1.54, 1.807) is 72.8 Å². The molecule has 0 atom stereocenters. The zero-order chi connectivity index (χ0) is 22.0. The minimum absolute atomic E-state index is 0.118. The molecule has 3 aromatic carbocycles. The molecule has 0 saturated carbocycles. The van der Waals surface area contributed by atoms with Crippen LogP contribution in [-0.4, -0.2) is 17.6 Å². The number of para-hydroxylation sites is 2. The first kappa shape index (κ1) is 21.2. The topological polar surface area (TPSA) is 76.0 Å². The van der Waals surface area contributed by atoms with Crippen molar-refractivity contribution >= 4 is 56.2 Å². The van der Waals surface area contributed by atoms with Crippen molar-refractivity contribution in [2.45, 2.75) is 11.8 Å². The van der Waals surface area contributed by atoms with Gasteiger partial charge in [0.25, 0.3) is 10.0 Å². The van der Waals surface area contributed by atoms with Crippen LogP contribution in [0.2, 0.25) is 10.0 Å². The summed E-state index contributed by atoms with van der Waals surface area (Å²) in [5, 5.41) is 11.4. The Morgan fingerprint density at radius 3 is 1.94 bits per heavy atom. The quantitative estimate of drug-likeness (QED) is 0.348. The molecule has 2 N–H and O–H groups in total. The van der Waals surface area contributed by atoms with E-state index in [-0.39, 0.29) is 10.7 Å². The summed E-state index contributed by atoms with van der Waals surface area (Å²) in [7, 11) is -3.97. The van der Waals surface area contributed by atoms with Crippen molar-refractivity contribution in [3.8, 4) is 0 Å². The third-order valence-electron chi connectivity index (χ3n) is 4.50. The summed E-state index contributed by atoms with van der Waals surface area (Å²) in [6.07, 6.45) is 0. The molecular formula is C22H18Cl2N4O2S. The van der Waals surface area contributed by atoms with Crippen LogP contribution in [0.25, 0.3) is 0 Å². The Morgan fingerprint density at radius 1 is 0.806 bits per heavy atom. The third-order valence-corrected chi connectivity index (χ3v) is 6.76. The number of aryl methyl sites for hydroxylation is 1. The summed E-state index contributed by atoms with van der Waals surface area (Å²) in [6.45, 7) is 1.89. The predicted molar refractivity (Wildman–Crippen MR) is 125 cm³/mol. The molecule has 4 aromatic rings. The molecule has 1 aromatic heterocycles. The van der Waals surface area contributed by atoms with E-state index < -0.39 is 10.0 Å². The average Bonchev–Trinajstić information content (AvgIpc) is 3.15. The van der Waals surface area contributed by atoms with E-state index in [1.165, 1.54) is 0 Å². The normalized spacial score (nSPS) is 11.3. The van der Waals surface area contributed by atoms with Crippen LogP contribution in [0.5, 0.6) is 0 Å². The zero-order valence-electron chi connectivity index (χ0n) is 16.4. The molecule has 9 heteroatoms. The number of anilines is 4. The molecule has 0 unspecified atom stereocenters. The van der Waals surface area contributed by atoms with Crippen LogP contribution < -0.4 is 10.6 Å². The number of nitrogens with zero attached hydrogens (tertiary/aromatic N) is 2. The second-order valence-electron chi connectivity index (χ2n) is 6.79. The maximum absolute atomic E-state index is 13.3. The molecule has 0 aliphatic carbocycles. The minimum Gasteiger partial charge on any atom is -0.338 e. The minimum atomic E-state index is -3.97. The summed E-state index contributed by atoms with van der Waals surface area (Å²) < 4.78 is 27.6. The maximum atomic E-state index is 13.3. The third kappa shape index (κ3) is 4.54. The van der Waals surface area contributed by atoms with Gasteiger partial charge in [-0.1, -0.05) is 65.2 Å². The monoisotopic (exact) mass is 472 g/mol. The Morgan fingerprint density at radius 2 is 1.35 bits per heavy atom. The number of hydrogen-bond acceptors (Lipinski definition) is 5. The first-order valence-electron chi connectivity index (χ1n) is 9.30. The van der Waals surface area contributed by atoms with Gasteiger partial charge in [-0.2, -0.15) is 8.42 Å². The van der Waals surface area contributed by atoms with Gasteiger partial charge in [-0.3, -0.25) is 0 Å². The first-order chi connectivity index (χ1) is 14.8. The Hall–Kier alpha value is -3.00. The van der Waals surface area contributed by atoms with Crippen molar-refractivity contribution < 1.29 is 8.42 Å². The zero-order valence-corrected chi connectivity index (χ0v) is 18.7. The molecule has 6 nitrogen and oxygen atoms in total. The molecule has 0 amide bonds. The van der Waals surface area contributed by atoms with Crippen LogP contribution in [0.1, 0.15) is 5.56 Å². The van der Waals surface area contributed by atoms with Crippen LogP contribution in [0.15, 0.2) is 83.8 Å². The first-order valence-corrected chi connectivity index (χ1v) is 11.5. The number of benzene rings is 3. The molecule has 0 aliphatic rings. The summed E-state index contributed by atoms with van der Waals surface area (Å²) in [4.78, 5) is 0.118. The van der Waals surface area contributed by atoms with Crippen molar-refractivity contribution in [3.05, 3.63) is 94.5 Å². The summed E-state index contributed by atoms with van der Waals surface area (Å²) in [6, 6.07) is 22.3. The number of nitrogens with one attached hydrogen (secondary N) is 2. The highest BCUT2D eigenvalue weighted by molar-refractivity contribution is 7.90. The fourth-order valence-corrected chi connectivity index (χ4v) is 4.50. The Kier molecular flexibility index (Phi) is 5.91. The molecule has 0 saturated heterocycles. The molecule has 0 bridgehead atoms. The molecule has 1 heterocycles. The van der Waals surface area contributed by atoms with Gasteiger partial charge < -0.3 is 10.6 Å². The van der Waals surface area contributed by atoms with Gasteiger partial charge in [0.15, 0.2) is 5.82 Å². The molecule has 4 rings (SSSR count). The fraction of sp³-hybridized carbons (Fsp3) is 0.0455. The van der Waals surface area contributed by atoms with Gasteiger partial charge in [0.1, 0.15) is 5.82 Å². The summed E-state index contributed by atoms with van der Waals surface area (Å²) in [5.41, 5.74) is 2.11. The van der Waals surface area contributed by atoms with Gasteiger partial charge in [0, 0.05) is 6.07 Å². The summed E-state index contributed by atoms with van der Waals surface area (Å²) >= 11 is 12.5. The Balaban J connectivity index is 1.80.